The molecule has 1 aromatic carbocycles. The lowest BCUT2D eigenvalue weighted by Crippen LogP contribution is -2.14. The minimum absolute atomic E-state index is 0.104. The molecule has 1 amide bonds. The van der Waals surface area contributed by atoms with E-state index in [1.54, 1.807) is 37.8 Å². The van der Waals surface area contributed by atoms with Gasteiger partial charge >= 0.3 is 0 Å². The van der Waals surface area contributed by atoms with Crippen molar-refractivity contribution < 1.29 is 14.3 Å². The first kappa shape index (κ1) is 18.8. The Morgan fingerprint density at radius 2 is 1.93 bits per heavy atom. The highest BCUT2D eigenvalue weighted by molar-refractivity contribution is 7.15. The molecule has 4 aromatic rings. The molecule has 0 aliphatic heterocycles. The van der Waals surface area contributed by atoms with Crippen LogP contribution in [0.15, 0.2) is 55.0 Å². The minimum Gasteiger partial charge on any atom is -0.481 e. The standard InChI is InChI=1S/C21H18N4O3S/c1-13-11-24-21(29-13)25-19(26)9-14-3-5-15(6-4-14)28-18-7-8-22-17-12-23-20(27-2)10-16(17)18/h3-8,10-12H,9H2,1-2H3,(H,24,25,26). The molecule has 0 saturated heterocycles. The molecule has 3 heterocycles. The number of aromatic nitrogens is 3. The van der Waals surface area contributed by atoms with Gasteiger partial charge in [0.1, 0.15) is 11.5 Å². The van der Waals surface area contributed by atoms with E-state index in [0.717, 1.165) is 15.8 Å². The van der Waals surface area contributed by atoms with Crippen LogP contribution in [0.2, 0.25) is 0 Å². The molecule has 3 aromatic heterocycles. The van der Waals surface area contributed by atoms with E-state index in [9.17, 15) is 4.79 Å². The Balaban J connectivity index is 1.46. The molecule has 8 heteroatoms. The van der Waals surface area contributed by atoms with Gasteiger partial charge in [-0.15, -0.1) is 11.3 Å². The first-order chi connectivity index (χ1) is 14.1. The normalized spacial score (nSPS) is 10.7. The second-order valence-corrected chi connectivity index (χ2v) is 7.53. The van der Waals surface area contributed by atoms with Crippen molar-refractivity contribution in [3.63, 3.8) is 0 Å². The van der Waals surface area contributed by atoms with Gasteiger partial charge in [0.05, 0.1) is 25.2 Å². The molecule has 29 heavy (non-hydrogen) atoms. The van der Waals surface area contributed by atoms with Crippen LogP contribution in [0.3, 0.4) is 0 Å². The van der Waals surface area contributed by atoms with Gasteiger partial charge in [-0.1, -0.05) is 12.1 Å². The van der Waals surface area contributed by atoms with Crippen LogP contribution in [0.5, 0.6) is 17.4 Å². The van der Waals surface area contributed by atoms with Gasteiger partial charge in [-0.3, -0.25) is 9.78 Å². The Hall–Kier alpha value is -3.52. The molecule has 7 nitrogen and oxygen atoms in total. The fourth-order valence-corrected chi connectivity index (χ4v) is 3.45. The third-order valence-electron chi connectivity index (χ3n) is 4.16. The lowest BCUT2D eigenvalue weighted by molar-refractivity contribution is -0.115. The zero-order valence-corrected chi connectivity index (χ0v) is 16.7. The number of amides is 1. The van der Waals surface area contributed by atoms with E-state index < -0.39 is 0 Å². The molecule has 0 aliphatic carbocycles. The summed E-state index contributed by atoms with van der Waals surface area (Å²) in [4.78, 5) is 25.8. The molecule has 0 radical (unpaired) electrons. The Bertz CT molecular complexity index is 1160. The number of carbonyl (C=O) groups is 1. The maximum atomic E-state index is 12.2. The maximum absolute atomic E-state index is 12.2. The van der Waals surface area contributed by atoms with E-state index >= 15 is 0 Å². The number of benzene rings is 1. The molecule has 0 bridgehead atoms. The molecule has 0 atom stereocenters. The number of carbonyl (C=O) groups excluding carboxylic acids is 1. The Labute approximate surface area is 171 Å². The van der Waals surface area contributed by atoms with Crippen molar-refractivity contribution in [1.29, 1.82) is 0 Å². The highest BCUT2D eigenvalue weighted by Crippen LogP contribution is 2.30. The smallest absolute Gasteiger partial charge is 0.230 e. The second kappa shape index (κ2) is 8.24. The van der Waals surface area contributed by atoms with E-state index in [1.165, 1.54) is 11.3 Å². The van der Waals surface area contributed by atoms with Crippen LogP contribution in [0.4, 0.5) is 5.13 Å². The van der Waals surface area contributed by atoms with Gasteiger partial charge in [-0.2, -0.15) is 0 Å². The molecule has 0 fully saturated rings. The Morgan fingerprint density at radius 3 is 2.66 bits per heavy atom. The molecule has 0 aliphatic rings. The number of methoxy groups -OCH3 is 1. The lowest BCUT2D eigenvalue weighted by atomic mass is 10.1. The minimum atomic E-state index is -0.104. The Kier molecular flexibility index (Phi) is 5.35. The van der Waals surface area contributed by atoms with Crippen molar-refractivity contribution in [2.24, 2.45) is 0 Å². The number of fused-ring (bicyclic) bond motifs is 1. The van der Waals surface area contributed by atoms with Gasteiger partial charge in [-0.05, 0) is 30.7 Å². The monoisotopic (exact) mass is 406 g/mol. The molecule has 0 saturated carbocycles. The van der Waals surface area contributed by atoms with Gasteiger partial charge in [0.15, 0.2) is 5.13 Å². The van der Waals surface area contributed by atoms with Crippen molar-refractivity contribution in [1.82, 2.24) is 15.0 Å². The summed E-state index contributed by atoms with van der Waals surface area (Å²) in [5.74, 6) is 1.70. The van der Waals surface area contributed by atoms with Crippen molar-refractivity contribution in [2.75, 3.05) is 12.4 Å². The number of hydrogen-bond donors (Lipinski definition) is 1. The zero-order chi connectivity index (χ0) is 20.2. The number of hydrogen-bond acceptors (Lipinski definition) is 7. The highest BCUT2D eigenvalue weighted by atomic mass is 32.1. The summed E-state index contributed by atoms with van der Waals surface area (Å²) < 4.78 is 11.2. The summed E-state index contributed by atoms with van der Waals surface area (Å²) >= 11 is 1.45. The van der Waals surface area contributed by atoms with Crippen molar-refractivity contribution in [3.05, 3.63) is 65.4 Å². The summed E-state index contributed by atoms with van der Waals surface area (Å²) in [5.41, 5.74) is 1.60. The summed E-state index contributed by atoms with van der Waals surface area (Å²) in [6.45, 7) is 1.95. The number of nitrogens with zero attached hydrogens (tertiary/aromatic N) is 3. The number of anilines is 1. The molecule has 146 valence electrons. The summed E-state index contributed by atoms with van der Waals surface area (Å²) in [6.07, 6.45) is 5.32. The van der Waals surface area contributed by atoms with Gasteiger partial charge < -0.3 is 14.8 Å². The fourth-order valence-electron chi connectivity index (χ4n) is 2.77. The van der Waals surface area contributed by atoms with E-state index in [0.29, 0.717) is 28.0 Å². The van der Waals surface area contributed by atoms with Crippen molar-refractivity contribution in [2.45, 2.75) is 13.3 Å². The molecule has 4 rings (SSSR count). The summed E-state index contributed by atoms with van der Waals surface area (Å²) in [5, 5.41) is 4.23. The van der Waals surface area contributed by atoms with Crippen molar-refractivity contribution >= 4 is 33.3 Å². The van der Waals surface area contributed by atoms with Crippen LogP contribution in [-0.4, -0.2) is 28.0 Å². The first-order valence-corrected chi connectivity index (χ1v) is 9.70. The van der Waals surface area contributed by atoms with E-state index in [1.807, 2.05) is 31.2 Å². The van der Waals surface area contributed by atoms with E-state index in [4.69, 9.17) is 9.47 Å². The quantitative estimate of drug-likeness (QED) is 0.511. The van der Waals surface area contributed by atoms with Gasteiger partial charge in [-0.25, -0.2) is 9.97 Å². The van der Waals surface area contributed by atoms with Crippen molar-refractivity contribution in [3.8, 4) is 17.4 Å². The zero-order valence-electron chi connectivity index (χ0n) is 15.9. The Morgan fingerprint density at radius 1 is 1.10 bits per heavy atom. The topological polar surface area (TPSA) is 86.2 Å². The fraction of sp³-hybridized carbons (Fsp3) is 0.143. The number of ether oxygens (including phenoxy) is 2. The largest absolute Gasteiger partial charge is 0.481 e. The highest BCUT2D eigenvalue weighted by Gasteiger charge is 2.09. The molecule has 0 unspecified atom stereocenters. The number of aryl methyl sites for hydroxylation is 1. The molecular formula is C21H18N4O3S. The average molecular weight is 406 g/mol. The second-order valence-electron chi connectivity index (χ2n) is 6.30. The third-order valence-corrected chi connectivity index (χ3v) is 4.98. The lowest BCUT2D eigenvalue weighted by Gasteiger charge is -2.10. The predicted molar refractivity (Wildman–Crippen MR) is 112 cm³/mol. The van der Waals surface area contributed by atoms with Crippen LogP contribution >= 0.6 is 11.3 Å². The summed E-state index contributed by atoms with van der Waals surface area (Å²) in [6, 6.07) is 11.0. The number of pyridine rings is 2. The van der Waals surface area contributed by atoms with Gasteiger partial charge in [0.25, 0.3) is 0 Å². The third kappa shape index (κ3) is 4.49. The van der Waals surface area contributed by atoms with Crippen LogP contribution in [0.25, 0.3) is 10.9 Å². The van der Waals surface area contributed by atoms with Crippen LogP contribution in [0, 0.1) is 6.92 Å². The van der Waals surface area contributed by atoms with Crippen LogP contribution < -0.4 is 14.8 Å². The van der Waals surface area contributed by atoms with E-state index in [2.05, 4.69) is 20.3 Å². The van der Waals surface area contributed by atoms with Crippen LogP contribution in [-0.2, 0) is 11.2 Å². The maximum Gasteiger partial charge on any atom is 0.230 e. The number of thiazole rings is 1. The number of nitrogens with one attached hydrogen (secondary N) is 1. The van der Waals surface area contributed by atoms with Gasteiger partial charge in [0.2, 0.25) is 11.8 Å². The predicted octanol–water partition coefficient (Wildman–Crippen LogP) is 4.38. The molecule has 1 N–H and O–H groups in total. The number of rotatable bonds is 6. The van der Waals surface area contributed by atoms with Crippen LogP contribution in [0.1, 0.15) is 10.4 Å². The first-order valence-electron chi connectivity index (χ1n) is 8.88. The van der Waals surface area contributed by atoms with Gasteiger partial charge in [0, 0.05) is 28.7 Å². The molecular weight excluding hydrogens is 388 g/mol. The summed E-state index contributed by atoms with van der Waals surface area (Å²) in [7, 11) is 1.57. The molecule has 0 spiro atoms. The SMILES string of the molecule is COc1cc2c(Oc3ccc(CC(=O)Nc4ncc(C)s4)cc3)ccnc2cn1. The average Bonchev–Trinajstić information content (AvgIpc) is 3.13. The van der Waals surface area contributed by atoms with E-state index in [-0.39, 0.29) is 12.3 Å².